The quantitative estimate of drug-likeness (QED) is 0.259. The summed E-state index contributed by atoms with van der Waals surface area (Å²) in [4.78, 5) is 36.3. The van der Waals surface area contributed by atoms with Gasteiger partial charge in [-0.15, -0.1) is 0 Å². The molecule has 0 saturated heterocycles. The normalized spacial score (nSPS) is 23.7. The van der Waals surface area contributed by atoms with Crippen molar-refractivity contribution in [3.05, 3.63) is 58.4 Å². The third-order valence-electron chi connectivity index (χ3n) is 8.08. The highest BCUT2D eigenvalue weighted by Gasteiger charge is 2.55. The Labute approximate surface area is 249 Å². The van der Waals surface area contributed by atoms with Gasteiger partial charge in [0.15, 0.2) is 27.3 Å². The fourth-order valence-corrected chi connectivity index (χ4v) is 8.17. The molecular formula is C27H29ClF3N3O8S. The minimum absolute atomic E-state index is 0.0237. The Morgan fingerprint density at radius 2 is 1.70 bits per heavy atom. The lowest BCUT2D eigenvalue weighted by atomic mass is 9.74. The molecule has 4 rings (SSSR count). The molecule has 43 heavy (non-hydrogen) atoms. The molecule has 5 atom stereocenters. The summed E-state index contributed by atoms with van der Waals surface area (Å²) in [5, 5.41) is 26.6. The number of aliphatic hydroxyl groups is 2. The zero-order valence-corrected chi connectivity index (χ0v) is 24.3. The summed E-state index contributed by atoms with van der Waals surface area (Å²) < 4.78 is 72.3. The molecule has 16 heteroatoms. The second kappa shape index (κ2) is 12.7. The SMILES string of the molecule is COC(=O)N[C@@H](CO)C(=O)NCC1(O)C2CC[C@H]1CC(S(=O)(=O)c1cc(C(=O)Nc3cc(F)c(F)c(F)c3)ccc1Cl)C2. The van der Waals surface area contributed by atoms with Crippen LogP contribution in [0.25, 0.3) is 0 Å². The van der Waals surface area contributed by atoms with Gasteiger partial charge in [0.25, 0.3) is 5.91 Å². The number of hydrogen-bond donors (Lipinski definition) is 5. The number of carbonyl (C=O) groups excluding carboxylic acids is 3. The summed E-state index contributed by atoms with van der Waals surface area (Å²) in [6.07, 6.45) is 0.0743. The summed E-state index contributed by atoms with van der Waals surface area (Å²) >= 11 is 6.23. The number of halogens is 4. The molecule has 2 aromatic carbocycles. The number of anilines is 1. The van der Waals surface area contributed by atoms with Crippen molar-refractivity contribution in [2.24, 2.45) is 11.8 Å². The highest BCUT2D eigenvalue weighted by Crippen LogP contribution is 2.52. The molecule has 2 aliphatic rings. The molecule has 2 saturated carbocycles. The van der Waals surface area contributed by atoms with Crippen LogP contribution in [0.3, 0.4) is 0 Å². The van der Waals surface area contributed by atoms with Crippen LogP contribution < -0.4 is 16.0 Å². The molecule has 2 aliphatic carbocycles. The number of carbonyl (C=O) groups is 3. The van der Waals surface area contributed by atoms with Gasteiger partial charge in [0.2, 0.25) is 5.91 Å². The number of hydrogen-bond acceptors (Lipinski definition) is 8. The van der Waals surface area contributed by atoms with Gasteiger partial charge in [0.05, 0.1) is 34.5 Å². The van der Waals surface area contributed by atoms with E-state index in [4.69, 9.17) is 11.6 Å². The maximum atomic E-state index is 13.7. The monoisotopic (exact) mass is 647 g/mol. The van der Waals surface area contributed by atoms with Crippen LogP contribution in [0.1, 0.15) is 36.0 Å². The van der Waals surface area contributed by atoms with Crippen molar-refractivity contribution in [1.29, 1.82) is 0 Å². The van der Waals surface area contributed by atoms with Gasteiger partial charge in [-0.05, 0) is 55.7 Å². The van der Waals surface area contributed by atoms with Crippen LogP contribution in [0.4, 0.5) is 23.7 Å². The lowest BCUT2D eigenvalue weighted by Gasteiger charge is -2.42. The van der Waals surface area contributed by atoms with Gasteiger partial charge in [0.1, 0.15) is 6.04 Å². The summed E-state index contributed by atoms with van der Waals surface area (Å²) in [6.45, 7) is -0.962. The van der Waals surface area contributed by atoms with Crippen molar-refractivity contribution in [2.75, 3.05) is 25.6 Å². The Morgan fingerprint density at radius 1 is 1.09 bits per heavy atom. The summed E-state index contributed by atoms with van der Waals surface area (Å²) in [7, 11) is -3.07. The maximum absolute atomic E-state index is 13.7. The smallest absolute Gasteiger partial charge is 0.407 e. The van der Waals surface area contributed by atoms with Gasteiger partial charge in [-0.3, -0.25) is 9.59 Å². The Kier molecular flexibility index (Phi) is 9.59. The van der Waals surface area contributed by atoms with E-state index in [0.717, 1.165) is 13.2 Å². The number of sulfone groups is 1. The van der Waals surface area contributed by atoms with E-state index in [1.165, 1.54) is 12.1 Å². The molecular weight excluding hydrogens is 619 g/mol. The van der Waals surface area contributed by atoms with E-state index in [-0.39, 0.29) is 40.6 Å². The predicted molar refractivity (Wildman–Crippen MR) is 147 cm³/mol. The standard InChI is InChI=1S/C27H29ClF3N3O8S/c1-42-26(38)34-21(11-35)25(37)32-12-27(39)14-3-4-15(27)8-17(7-14)43(40,41)22-6-13(2-5-18(22)28)24(36)33-16-9-19(29)23(31)20(30)10-16/h2,5-6,9-10,14-15,17,21,35,39H,3-4,7-8,11-12H2,1H3,(H,32,37)(H,33,36)(H,34,38)/t14-,15?,17?,21-,27?/m0/s1. The van der Waals surface area contributed by atoms with Crippen LogP contribution in [0.15, 0.2) is 35.2 Å². The van der Waals surface area contributed by atoms with Gasteiger partial charge in [-0.2, -0.15) is 0 Å². The predicted octanol–water partition coefficient (Wildman–Crippen LogP) is 2.54. The average Bonchev–Trinajstić information content (AvgIpc) is 3.12. The zero-order chi connectivity index (χ0) is 31.7. The van der Waals surface area contributed by atoms with Gasteiger partial charge in [0, 0.05) is 29.9 Å². The number of methoxy groups -OCH3 is 1. The van der Waals surface area contributed by atoms with Crippen LogP contribution in [-0.2, 0) is 19.4 Å². The summed E-state index contributed by atoms with van der Waals surface area (Å²) in [5.41, 5.74) is -2.02. The van der Waals surface area contributed by atoms with Crippen LogP contribution in [-0.4, -0.2) is 73.7 Å². The van der Waals surface area contributed by atoms with Gasteiger partial charge in [-0.1, -0.05) is 11.6 Å². The van der Waals surface area contributed by atoms with Crippen molar-refractivity contribution in [3.8, 4) is 0 Å². The molecule has 11 nitrogen and oxygen atoms in total. The summed E-state index contributed by atoms with van der Waals surface area (Å²) in [5.74, 6) is -7.49. The van der Waals surface area contributed by atoms with Crippen LogP contribution in [0, 0.1) is 29.3 Å². The topological polar surface area (TPSA) is 171 Å². The molecule has 0 radical (unpaired) electrons. The van der Waals surface area contributed by atoms with Crippen molar-refractivity contribution in [3.63, 3.8) is 0 Å². The van der Waals surface area contributed by atoms with Gasteiger partial charge in [-0.25, -0.2) is 26.4 Å². The number of benzene rings is 2. The van der Waals surface area contributed by atoms with Crippen molar-refractivity contribution in [2.45, 2.75) is 47.5 Å². The Balaban J connectivity index is 1.48. The average molecular weight is 648 g/mol. The number of alkyl carbamates (subject to hydrolysis) is 1. The Hall–Kier alpha value is -3.40. The fraction of sp³-hybridized carbons (Fsp3) is 0.444. The minimum Gasteiger partial charge on any atom is -0.453 e. The highest BCUT2D eigenvalue weighted by molar-refractivity contribution is 7.92. The number of rotatable bonds is 9. The Bertz CT molecular complexity index is 1510. The lowest BCUT2D eigenvalue weighted by molar-refractivity contribution is -0.127. The molecule has 0 spiro atoms. The number of aliphatic hydroxyl groups excluding tert-OH is 1. The van der Waals surface area contributed by atoms with E-state index in [9.17, 15) is 46.2 Å². The first kappa shape index (κ1) is 32.5. The third-order valence-corrected chi connectivity index (χ3v) is 10.7. The maximum Gasteiger partial charge on any atom is 0.407 e. The van der Waals surface area contributed by atoms with E-state index < -0.39 is 80.5 Å². The third kappa shape index (κ3) is 6.59. The van der Waals surface area contributed by atoms with Crippen LogP contribution >= 0.6 is 11.6 Å². The zero-order valence-electron chi connectivity index (χ0n) is 22.7. The molecule has 5 N–H and O–H groups in total. The van der Waals surface area contributed by atoms with E-state index in [2.05, 4.69) is 20.7 Å². The second-order valence-corrected chi connectivity index (χ2v) is 13.1. The van der Waals surface area contributed by atoms with Crippen molar-refractivity contribution >= 4 is 45.0 Å². The molecule has 3 amide bonds. The number of fused-ring (bicyclic) bond motifs is 2. The van der Waals surface area contributed by atoms with E-state index in [0.29, 0.717) is 25.0 Å². The molecule has 2 fully saturated rings. The van der Waals surface area contributed by atoms with Crippen LogP contribution in [0.2, 0.25) is 5.02 Å². The number of ether oxygens (including phenoxy) is 1. The minimum atomic E-state index is -4.16. The lowest BCUT2D eigenvalue weighted by Crippen LogP contribution is -2.57. The van der Waals surface area contributed by atoms with Gasteiger partial charge >= 0.3 is 6.09 Å². The molecule has 234 valence electrons. The fourth-order valence-electron chi connectivity index (χ4n) is 5.77. The van der Waals surface area contributed by atoms with Crippen LogP contribution in [0.5, 0.6) is 0 Å². The number of amides is 3. The molecule has 2 bridgehead atoms. The molecule has 2 aromatic rings. The molecule has 0 aliphatic heterocycles. The van der Waals surface area contributed by atoms with E-state index in [1.54, 1.807) is 0 Å². The van der Waals surface area contributed by atoms with Crippen molar-refractivity contribution < 1.29 is 50.9 Å². The first-order valence-electron chi connectivity index (χ1n) is 13.2. The van der Waals surface area contributed by atoms with E-state index >= 15 is 0 Å². The largest absolute Gasteiger partial charge is 0.453 e. The second-order valence-electron chi connectivity index (χ2n) is 10.5. The molecule has 0 aromatic heterocycles. The van der Waals surface area contributed by atoms with Crippen molar-refractivity contribution in [1.82, 2.24) is 10.6 Å². The van der Waals surface area contributed by atoms with E-state index in [1.807, 2.05) is 0 Å². The first-order chi connectivity index (χ1) is 20.2. The molecule has 0 heterocycles. The Morgan fingerprint density at radius 3 is 2.26 bits per heavy atom. The highest BCUT2D eigenvalue weighted by atomic mass is 35.5. The first-order valence-corrected chi connectivity index (χ1v) is 15.1. The van der Waals surface area contributed by atoms with Gasteiger partial charge < -0.3 is 30.9 Å². The summed E-state index contributed by atoms with van der Waals surface area (Å²) in [6, 6.07) is 3.27. The molecule has 3 unspecified atom stereocenters. The number of nitrogens with one attached hydrogen (secondary N) is 3.